The van der Waals surface area contributed by atoms with Gasteiger partial charge in [0.1, 0.15) is 0 Å². The Morgan fingerprint density at radius 2 is 1.71 bits per heavy atom. The Hall–Kier alpha value is -0.820. The van der Waals surface area contributed by atoms with Crippen molar-refractivity contribution in [2.24, 2.45) is 5.92 Å². The highest BCUT2D eigenvalue weighted by molar-refractivity contribution is 5.39. The SMILES string of the molecule is CNCc1cc(C(C)C)c(CC(C)C)cc1C. The molecule has 0 fully saturated rings. The van der Waals surface area contributed by atoms with Crippen LogP contribution in [0.5, 0.6) is 0 Å². The Bertz CT molecular complexity index is 364. The molecular formula is C16H27N. The fraction of sp³-hybridized carbons (Fsp3) is 0.625. The first-order chi connectivity index (χ1) is 7.95. The van der Waals surface area contributed by atoms with Crippen molar-refractivity contribution in [1.82, 2.24) is 5.32 Å². The summed E-state index contributed by atoms with van der Waals surface area (Å²) < 4.78 is 0. The maximum atomic E-state index is 3.25. The van der Waals surface area contributed by atoms with Crippen LogP contribution in [0.15, 0.2) is 12.1 Å². The van der Waals surface area contributed by atoms with Crippen LogP contribution in [0.25, 0.3) is 0 Å². The van der Waals surface area contributed by atoms with E-state index in [-0.39, 0.29) is 0 Å². The van der Waals surface area contributed by atoms with E-state index in [1.807, 2.05) is 7.05 Å². The summed E-state index contributed by atoms with van der Waals surface area (Å²) in [5, 5.41) is 3.25. The minimum absolute atomic E-state index is 0.611. The van der Waals surface area contributed by atoms with Gasteiger partial charge in [0.25, 0.3) is 0 Å². The van der Waals surface area contributed by atoms with E-state index >= 15 is 0 Å². The molecule has 96 valence electrons. The summed E-state index contributed by atoms with van der Waals surface area (Å²) in [5.74, 6) is 1.34. The van der Waals surface area contributed by atoms with Gasteiger partial charge in [-0.2, -0.15) is 0 Å². The summed E-state index contributed by atoms with van der Waals surface area (Å²) in [4.78, 5) is 0. The van der Waals surface area contributed by atoms with Crippen LogP contribution in [0.2, 0.25) is 0 Å². The molecule has 0 atom stereocenters. The average Bonchev–Trinajstić information content (AvgIpc) is 2.20. The van der Waals surface area contributed by atoms with Gasteiger partial charge in [-0.15, -0.1) is 0 Å². The molecule has 1 heteroatoms. The lowest BCUT2D eigenvalue weighted by atomic mass is 9.88. The predicted octanol–water partition coefficient (Wildman–Crippen LogP) is 4.04. The monoisotopic (exact) mass is 233 g/mol. The summed E-state index contributed by atoms with van der Waals surface area (Å²) in [5.41, 5.74) is 5.91. The summed E-state index contributed by atoms with van der Waals surface area (Å²) >= 11 is 0. The van der Waals surface area contributed by atoms with E-state index in [4.69, 9.17) is 0 Å². The van der Waals surface area contributed by atoms with Crippen molar-refractivity contribution >= 4 is 0 Å². The summed E-state index contributed by atoms with van der Waals surface area (Å²) in [7, 11) is 2.01. The van der Waals surface area contributed by atoms with Crippen LogP contribution < -0.4 is 5.32 Å². The third-order valence-electron chi connectivity index (χ3n) is 3.22. The lowest BCUT2D eigenvalue weighted by Crippen LogP contribution is -2.10. The lowest BCUT2D eigenvalue weighted by molar-refractivity contribution is 0.637. The molecule has 0 heterocycles. The van der Waals surface area contributed by atoms with Gasteiger partial charge in [0.15, 0.2) is 0 Å². The third-order valence-corrected chi connectivity index (χ3v) is 3.22. The molecule has 0 aliphatic rings. The van der Waals surface area contributed by atoms with Gasteiger partial charge in [-0.05, 0) is 54.5 Å². The van der Waals surface area contributed by atoms with Crippen molar-refractivity contribution in [3.8, 4) is 0 Å². The van der Waals surface area contributed by atoms with Gasteiger partial charge in [-0.3, -0.25) is 0 Å². The highest BCUT2D eigenvalue weighted by atomic mass is 14.8. The second kappa shape index (κ2) is 6.20. The van der Waals surface area contributed by atoms with E-state index in [2.05, 4.69) is 52.1 Å². The van der Waals surface area contributed by atoms with Crippen LogP contribution in [0, 0.1) is 12.8 Å². The molecule has 1 nitrogen and oxygen atoms in total. The number of hydrogen-bond donors (Lipinski definition) is 1. The van der Waals surface area contributed by atoms with E-state index in [0.29, 0.717) is 5.92 Å². The Morgan fingerprint density at radius 1 is 1.06 bits per heavy atom. The van der Waals surface area contributed by atoms with Gasteiger partial charge >= 0.3 is 0 Å². The Kier molecular flexibility index (Phi) is 5.20. The third kappa shape index (κ3) is 3.85. The molecular weight excluding hydrogens is 206 g/mol. The standard InChI is InChI=1S/C16H27N/c1-11(2)7-14-8-13(5)15(10-17-6)9-16(14)12(3)4/h8-9,11-12,17H,7,10H2,1-6H3. The van der Waals surface area contributed by atoms with Crippen LogP contribution in [-0.2, 0) is 13.0 Å². The molecule has 0 amide bonds. The zero-order valence-corrected chi connectivity index (χ0v) is 12.2. The van der Waals surface area contributed by atoms with Crippen molar-refractivity contribution in [1.29, 1.82) is 0 Å². The first-order valence-corrected chi connectivity index (χ1v) is 6.72. The second-order valence-corrected chi connectivity index (χ2v) is 5.76. The number of rotatable bonds is 5. The van der Waals surface area contributed by atoms with Crippen molar-refractivity contribution in [2.75, 3.05) is 7.05 Å². The first-order valence-electron chi connectivity index (χ1n) is 6.72. The molecule has 0 saturated heterocycles. The molecule has 17 heavy (non-hydrogen) atoms. The van der Waals surface area contributed by atoms with Gasteiger partial charge < -0.3 is 5.32 Å². The molecule has 0 aliphatic heterocycles. The minimum Gasteiger partial charge on any atom is -0.316 e. The molecule has 1 aromatic rings. The topological polar surface area (TPSA) is 12.0 Å². The Morgan fingerprint density at radius 3 is 2.18 bits per heavy atom. The quantitative estimate of drug-likeness (QED) is 0.809. The lowest BCUT2D eigenvalue weighted by Gasteiger charge is -2.18. The zero-order chi connectivity index (χ0) is 13.0. The molecule has 0 radical (unpaired) electrons. The molecule has 0 aliphatic carbocycles. The van der Waals surface area contributed by atoms with Gasteiger partial charge in [0, 0.05) is 6.54 Å². The molecule has 0 aromatic heterocycles. The highest BCUT2D eigenvalue weighted by Gasteiger charge is 2.11. The van der Waals surface area contributed by atoms with Crippen LogP contribution in [0.3, 0.4) is 0 Å². The molecule has 0 saturated carbocycles. The fourth-order valence-corrected chi connectivity index (χ4v) is 2.37. The normalized spacial score (nSPS) is 11.5. The fourth-order valence-electron chi connectivity index (χ4n) is 2.37. The van der Waals surface area contributed by atoms with Gasteiger partial charge in [0.05, 0.1) is 0 Å². The van der Waals surface area contributed by atoms with E-state index in [1.54, 1.807) is 0 Å². The molecule has 0 bridgehead atoms. The van der Waals surface area contributed by atoms with E-state index in [9.17, 15) is 0 Å². The highest BCUT2D eigenvalue weighted by Crippen LogP contribution is 2.25. The zero-order valence-electron chi connectivity index (χ0n) is 12.2. The molecule has 0 unspecified atom stereocenters. The van der Waals surface area contributed by atoms with Gasteiger partial charge in [-0.1, -0.05) is 39.8 Å². The van der Waals surface area contributed by atoms with Crippen LogP contribution >= 0.6 is 0 Å². The molecule has 0 spiro atoms. The van der Waals surface area contributed by atoms with Gasteiger partial charge in [0.2, 0.25) is 0 Å². The van der Waals surface area contributed by atoms with E-state index in [0.717, 1.165) is 12.5 Å². The van der Waals surface area contributed by atoms with E-state index in [1.165, 1.54) is 28.7 Å². The van der Waals surface area contributed by atoms with Crippen molar-refractivity contribution in [3.63, 3.8) is 0 Å². The summed E-state index contributed by atoms with van der Waals surface area (Å²) in [6.07, 6.45) is 1.19. The smallest absolute Gasteiger partial charge is 0.0205 e. The van der Waals surface area contributed by atoms with Crippen molar-refractivity contribution < 1.29 is 0 Å². The van der Waals surface area contributed by atoms with Crippen LogP contribution in [0.4, 0.5) is 0 Å². The summed E-state index contributed by atoms with van der Waals surface area (Å²) in [6.45, 7) is 12.4. The molecule has 1 aromatic carbocycles. The average molecular weight is 233 g/mol. The molecule has 1 N–H and O–H groups in total. The first kappa shape index (κ1) is 14.2. The number of hydrogen-bond acceptors (Lipinski definition) is 1. The minimum atomic E-state index is 0.611. The van der Waals surface area contributed by atoms with E-state index < -0.39 is 0 Å². The summed E-state index contributed by atoms with van der Waals surface area (Å²) in [6, 6.07) is 4.79. The number of benzene rings is 1. The second-order valence-electron chi connectivity index (χ2n) is 5.76. The van der Waals surface area contributed by atoms with Gasteiger partial charge in [-0.25, -0.2) is 0 Å². The Labute approximate surface area is 107 Å². The molecule has 1 rings (SSSR count). The van der Waals surface area contributed by atoms with Crippen molar-refractivity contribution in [3.05, 3.63) is 34.4 Å². The van der Waals surface area contributed by atoms with Crippen LogP contribution in [-0.4, -0.2) is 7.05 Å². The largest absolute Gasteiger partial charge is 0.316 e. The maximum absolute atomic E-state index is 3.25. The van der Waals surface area contributed by atoms with Crippen LogP contribution in [0.1, 0.15) is 55.9 Å². The van der Waals surface area contributed by atoms with Crippen molar-refractivity contribution in [2.45, 2.75) is 53.5 Å². The number of aryl methyl sites for hydroxylation is 1. The predicted molar refractivity (Wildman–Crippen MR) is 76.6 cm³/mol. The Balaban J connectivity index is 3.15. The maximum Gasteiger partial charge on any atom is 0.0205 e. The number of nitrogens with one attached hydrogen (secondary N) is 1.